The second-order valence-electron chi connectivity index (χ2n) is 6.55. The van der Waals surface area contributed by atoms with E-state index >= 15 is 0 Å². The number of halogens is 4. The van der Waals surface area contributed by atoms with Gasteiger partial charge in [0.25, 0.3) is 5.56 Å². The molecule has 4 rings (SSSR count). The number of nitrogens with one attached hydrogen (secondary N) is 1. The normalized spacial score (nSPS) is 15.2. The third-order valence-electron chi connectivity index (χ3n) is 4.79. The molecule has 1 saturated heterocycles. The van der Waals surface area contributed by atoms with Crippen LogP contribution in [0.5, 0.6) is 0 Å². The number of alkyl halides is 3. The molecule has 1 aliphatic heterocycles. The smallest absolute Gasteiger partial charge is 0.378 e. The first-order valence-corrected chi connectivity index (χ1v) is 8.70. The maximum atomic E-state index is 14.7. The van der Waals surface area contributed by atoms with E-state index in [-0.39, 0.29) is 27.7 Å². The first-order valence-electron chi connectivity index (χ1n) is 8.70. The second-order valence-corrected chi connectivity index (χ2v) is 6.55. The molecule has 0 bridgehead atoms. The fraction of sp³-hybridized carbons (Fsp3) is 0.250. The van der Waals surface area contributed by atoms with E-state index in [1.807, 2.05) is 0 Å². The fourth-order valence-electron chi connectivity index (χ4n) is 3.43. The van der Waals surface area contributed by atoms with Crippen LogP contribution in [0.3, 0.4) is 0 Å². The lowest BCUT2D eigenvalue weighted by Crippen LogP contribution is -2.36. The van der Waals surface area contributed by atoms with Crippen molar-refractivity contribution in [2.75, 3.05) is 31.2 Å². The molecule has 28 heavy (non-hydrogen) atoms. The fourth-order valence-corrected chi connectivity index (χ4v) is 3.43. The van der Waals surface area contributed by atoms with E-state index < -0.39 is 23.1 Å². The van der Waals surface area contributed by atoms with Crippen LogP contribution in [0.2, 0.25) is 0 Å². The minimum Gasteiger partial charge on any atom is -0.378 e. The molecule has 1 aliphatic rings. The molecule has 0 radical (unpaired) electrons. The maximum absolute atomic E-state index is 14.7. The van der Waals surface area contributed by atoms with Crippen molar-refractivity contribution in [3.63, 3.8) is 0 Å². The van der Waals surface area contributed by atoms with Crippen LogP contribution in [0.4, 0.5) is 23.2 Å². The molecule has 1 N–H and O–H groups in total. The first-order chi connectivity index (χ1) is 13.3. The van der Waals surface area contributed by atoms with E-state index in [1.54, 1.807) is 4.90 Å². The molecule has 146 valence electrons. The summed E-state index contributed by atoms with van der Waals surface area (Å²) in [6.07, 6.45) is -4.58. The monoisotopic (exact) mass is 392 g/mol. The maximum Gasteiger partial charge on any atom is 0.417 e. The Morgan fingerprint density at radius 3 is 2.46 bits per heavy atom. The van der Waals surface area contributed by atoms with Gasteiger partial charge in [0.15, 0.2) is 0 Å². The Balaban J connectivity index is 1.86. The highest BCUT2D eigenvalue weighted by Gasteiger charge is 2.33. The van der Waals surface area contributed by atoms with E-state index in [1.165, 1.54) is 36.4 Å². The van der Waals surface area contributed by atoms with Gasteiger partial charge in [-0.05, 0) is 29.7 Å². The molecule has 0 unspecified atom stereocenters. The Morgan fingerprint density at radius 2 is 1.75 bits per heavy atom. The summed E-state index contributed by atoms with van der Waals surface area (Å²) < 4.78 is 59.8. The lowest BCUT2D eigenvalue weighted by atomic mass is 10.0. The number of anilines is 1. The van der Waals surface area contributed by atoms with Crippen LogP contribution in [-0.2, 0) is 10.9 Å². The van der Waals surface area contributed by atoms with Crippen molar-refractivity contribution in [1.29, 1.82) is 0 Å². The average Bonchev–Trinajstić information content (AvgIpc) is 2.67. The molecule has 3 aromatic rings. The van der Waals surface area contributed by atoms with Crippen molar-refractivity contribution in [3.8, 4) is 11.3 Å². The molecular weight excluding hydrogens is 376 g/mol. The number of pyridine rings is 1. The van der Waals surface area contributed by atoms with Crippen LogP contribution in [0, 0.1) is 5.82 Å². The Hall–Kier alpha value is -2.87. The van der Waals surface area contributed by atoms with Crippen molar-refractivity contribution in [2.24, 2.45) is 0 Å². The molecule has 0 spiro atoms. The third kappa shape index (κ3) is 3.35. The van der Waals surface area contributed by atoms with E-state index in [0.29, 0.717) is 26.3 Å². The van der Waals surface area contributed by atoms with Gasteiger partial charge < -0.3 is 14.6 Å². The van der Waals surface area contributed by atoms with Gasteiger partial charge in [-0.25, -0.2) is 4.39 Å². The van der Waals surface area contributed by atoms with Crippen molar-refractivity contribution >= 4 is 16.5 Å². The molecule has 8 heteroatoms. The van der Waals surface area contributed by atoms with Crippen molar-refractivity contribution < 1.29 is 22.3 Å². The van der Waals surface area contributed by atoms with Crippen LogP contribution in [-0.4, -0.2) is 31.3 Å². The van der Waals surface area contributed by atoms with Crippen molar-refractivity contribution in [3.05, 3.63) is 64.2 Å². The molecule has 0 aliphatic carbocycles. The SMILES string of the molecule is O=c1[nH]c(-c2ccccc2C(F)(F)F)cc2cc(F)c(N3CCOCC3)cc12. The quantitative estimate of drug-likeness (QED) is 0.666. The van der Waals surface area contributed by atoms with Crippen molar-refractivity contribution in [1.82, 2.24) is 4.98 Å². The summed E-state index contributed by atoms with van der Waals surface area (Å²) in [5, 5.41) is 0.460. The third-order valence-corrected chi connectivity index (χ3v) is 4.79. The Morgan fingerprint density at radius 1 is 1.04 bits per heavy atom. The number of nitrogens with zero attached hydrogens (tertiary/aromatic N) is 1. The number of benzene rings is 2. The summed E-state index contributed by atoms with van der Waals surface area (Å²) in [6, 6.07) is 8.95. The number of hydrogen-bond donors (Lipinski definition) is 1. The lowest BCUT2D eigenvalue weighted by Gasteiger charge is -2.29. The van der Waals surface area contributed by atoms with E-state index in [9.17, 15) is 22.4 Å². The summed E-state index contributed by atoms with van der Waals surface area (Å²) >= 11 is 0. The number of morpholine rings is 1. The number of hydrogen-bond acceptors (Lipinski definition) is 3. The molecular formula is C20H16F4N2O2. The topological polar surface area (TPSA) is 45.3 Å². The van der Waals surface area contributed by atoms with E-state index in [4.69, 9.17) is 4.74 Å². The lowest BCUT2D eigenvalue weighted by molar-refractivity contribution is -0.137. The number of fused-ring (bicyclic) bond motifs is 1. The highest BCUT2D eigenvalue weighted by atomic mass is 19.4. The van der Waals surface area contributed by atoms with Gasteiger partial charge in [0.2, 0.25) is 0 Å². The van der Waals surface area contributed by atoms with E-state index in [0.717, 1.165) is 6.07 Å². The second kappa shape index (κ2) is 6.94. The van der Waals surface area contributed by atoms with Gasteiger partial charge in [0, 0.05) is 29.7 Å². The molecule has 0 amide bonds. The number of H-pyrrole nitrogens is 1. The largest absolute Gasteiger partial charge is 0.417 e. The van der Waals surface area contributed by atoms with Crippen molar-refractivity contribution in [2.45, 2.75) is 6.18 Å². The van der Waals surface area contributed by atoms with E-state index in [2.05, 4.69) is 4.98 Å². The standard InChI is InChI=1S/C20H16F4N2O2/c21-16-9-12-10-17(13-3-1-2-4-15(13)20(22,23)24)25-19(27)14(12)11-18(16)26-5-7-28-8-6-26/h1-4,9-11H,5-8H2,(H,25,27). The number of ether oxygens (including phenoxy) is 1. The van der Waals surface area contributed by atoms with Crippen LogP contribution in [0.1, 0.15) is 5.56 Å². The highest BCUT2D eigenvalue weighted by molar-refractivity contribution is 5.88. The van der Waals surface area contributed by atoms with Gasteiger partial charge >= 0.3 is 6.18 Å². The number of aromatic amines is 1. The molecule has 0 saturated carbocycles. The molecule has 1 fully saturated rings. The zero-order valence-corrected chi connectivity index (χ0v) is 14.6. The summed E-state index contributed by atoms with van der Waals surface area (Å²) in [4.78, 5) is 16.9. The summed E-state index contributed by atoms with van der Waals surface area (Å²) in [7, 11) is 0. The van der Waals surface area contributed by atoms with Crippen LogP contribution in [0.15, 0.2) is 47.3 Å². The Bertz CT molecular complexity index is 1090. The predicted octanol–water partition coefficient (Wildman–Crippen LogP) is 4.19. The minimum atomic E-state index is -4.58. The van der Waals surface area contributed by atoms with Crippen LogP contribution >= 0.6 is 0 Å². The van der Waals surface area contributed by atoms with Gasteiger partial charge in [-0.15, -0.1) is 0 Å². The number of aromatic nitrogens is 1. The first kappa shape index (κ1) is 18.5. The number of rotatable bonds is 2. The molecule has 1 aromatic heterocycles. The minimum absolute atomic E-state index is 0.0102. The predicted molar refractivity (Wildman–Crippen MR) is 98.0 cm³/mol. The van der Waals surface area contributed by atoms with Crippen LogP contribution in [0.25, 0.3) is 22.0 Å². The van der Waals surface area contributed by atoms with Gasteiger partial charge in [-0.2, -0.15) is 13.2 Å². The molecule has 4 nitrogen and oxygen atoms in total. The van der Waals surface area contributed by atoms with Gasteiger partial charge in [-0.1, -0.05) is 18.2 Å². The molecule has 0 atom stereocenters. The van der Waals surface area contributed by atoms with Gasteiger partial charge in [0.05, 0.1) is 24.5 Å². The van der Waals surface area contributed by atoms with Gasteiger partial charge in [0.1, 0.15) is 5.82 Å². The summed E-state index contributed by atoms with van der Waals surface area (Å²) in [6.45, 7) is 1.91. The zero-order chi connectivity index (χ0) is 19.9. The van der Waals surface area contributed by atoms with Crippen LogP contribution < -0.4 is 10.5 Å². The average molecular weight is 392 g/mol. The molecule has 2 aromatic carbocycles. The Kier molecular flexibility index (Phi) is 4.58. The zero-order valence-electron chi connectivity index (χ0n) is 14.6. The summed E-state index contributed by atoms with van der Waals surface area (Å²) in [5.41, 5.74) is -1.32. The highest BCUT2D eigenvalue weighted by Crippen LogP contribution is 2.37. The van der Waals surface area contributed by atoms with Gasteiger partial charge in [-0.3, -0.25) is 4.79 Å². The summed E-state index contributed by atoms with van der Waals surface area (Å²) in [5.74, 6) is -0.532. The molecule has 2 heterocycles. The Labute approximate surface area is 157 Å².